The second kappa shape index (κ2) is 12.4. The first-order chi connectivity index (χ1) is 28.5. The van der Waals surface area contributed by atoms with Crippen LogP contribution in [-0.2, 0) is 5.41 Å². The summed E-state index contributed by atoms with van der Waals surface area (Å²) in [5.74, 6) is 1.57. The number of nitrogens with zero attached hydrogens (tertiary/aromatic N) is 1. The lowest BCUT2D eigenvalue weighted by molar-refractivity contribution is 0.172. The van der Waals surface area contributed by atoms with Crippen molar-refractivity contribution in [3.63, 3.8) is 0 Å². The largest absolute Gasteiger partial charge is 0.486 e. The lowest BCUT2D eigenvalue weighted by atomic mass is 9.81. The van der Waals surface area contributed by atoms with Crippen LogP contribution in [0, 0.1) is 0 Å². The average molecular weight is 746 g/mol. The molecule has 0 unspecified atom stereocenters. The van der Waals surface area contributed by atoms with Gasteiger partial charge in [-0.2, -0.15) is 0 Å². The third kappa shape index (κ3) is 4.74. The van der Waals surface area contributed by atoms with E-state index in [0.29, 0.717) is 13.2 Å². The summed E-state index contributed by atoms with van der Waals surface area (Å²) in [6.07, 6.45) is 0. The van der Waals surface area contributed by atoms with E-state index in [0.717, 1.165) is 39.7 Å². The molecule has 3 heteroatoms. The molecule has 0 aromatic heterocycles. The average Bonchev–Trinajstić information content (AvgIpc) is 3.50. The van der Waals surface area contributed by atoms with E-state index in [1.165, 1.54) is 76.5 Å². The molecule has 0 atom stereocenters. The van der Waals surface area contributed by atoms with Gasteiger partial charge in [-0.1, -0.05) is 153 Å². The van der Waals surface area contributed by atoms with Gasteiger partial charge in [0.25, 0.3) is 0 Å². The van der Waals surface area contributed by atoms with Crippen LogP contribution in [0.25, 0.3) is 76.5 Å². The molecule has 0 amide bonds. The van der Waals surface area contributed by atoms with Crippen LogP contribution < -0.4 is 14.4 Å². The minimum Gasteiger partial charge on any atom is -0.486 e. The topological polar surface area (TPSA) is 21.7 Å². The maximum absolute atomic E-state index is 6.51. The summed E-state index contributed by atoms with van der Waals surface area (Å²) >= 11 is 0. The molecule has 10 aromatic carbocycles. The lowest BCUT2D eigenvalue weighted by Crippen LogP contribution is -2.18. The van der Waals surface area contributed by atoms with Crippen LogP contribution in [0.5, 0.6) is 11.5 Å². The molecule has 0 N–H and O–H groups in total. The van der Waals surface area contributed by atoms with E-state index in [1.807, 2.05) is 6.07 Å². The van der Waals surface area contributed by atoms with Gasteiger partial charge in [-0.05, 0) is 107 Å². The van der Waals surface area contributed by atoms with Gasteiger partial charge in [-0.3, -0.25) is 0 Å². The van der Waals surface area contributed by atoms with Gasteiger partial charge in [0.15, 0.2) is 11.5 Å². The molecular formula is C55H39NO2. The Morgan fingerprint density at radius 3 is 1.90 bits per heavy atom. The Labute approximate surface area is 337 Å². The molecule has 0 spiro atoms. The number of benzene rings is 10. The van der Waals surface area contributed by atoms with Crippen LogP contribution in [0.15, 0.2) is 176 Å². The van der Waals surface area contributed by atoms with Gasteiger partial charge >= 0.3 is 0 Å². The Bertz CT molecular complexity index is 3250. The Morgan fingerprint density at radius 1 is 0.431 bits per heavy atom. The fraction of sp³-hybridized carbons (Fsp3) is 0.0909. The van der Waals surface area contributed by atoms with Crippen molar-refractivity contribution in [3.05, 3.63) is 187 Å². The monoisotopic (exact) mass is 745 g/mol. The summed E-state index contributed by atoms with van der Waals surface area (Å²) in [6.45, 7) is 5.77. The molecule has 58 heavy (non-hydrogen) atoms. The Hall–Kier alpha value is -7.10. The van der Waals surface area contributed by atoms with Crippen LogP contribution in [0.2, 0.25) is 0 Å². The molecule has 0 saturated heterocycles. The number of rotatable bonds is 5. The second-order valence-electron chi connectivity index (χ2n) is 16.2. The number of hydrogen-bond acceptors (Lipinski definition) is 3. The van der Waals surface area contributed by atoms with Crippen molar-refractivity contribution in [2.45, 2.75) is 19.3 Å². The first kappa shape index (κ1) is 33.1. The molecule has 276 valence electrons. The molecule has 12 rings (SSSR count). The number of fused-ring (bicyclic) bond motifs is 6. The van der Waals surface area contributed by atoms with Gasteiger partial charge in [0.05, 0.1) is 11.4 Å². The van der Waals surface area contributed by atoms with E-state index in [9.17, 15) is 0 Å². The summed E-state index contributed by atoms with van der Waals surface area (Å²) < 4.78 is 12.7. The first-order valence-electron chi connectivity index (χ1n) is 20.3. The highest BCUT2D eigenvalue weighted by molar-refractivity contribution is 6.35. The van der Waals surface area contributed by atoms with Gasteiger partial charge in [-0.25, -0.2) is 0 Å². The minimum absolute atomic E-state index is 0.215. The van der Waals surface area contributed by atoms with Gasteiger partial charge in [0, 0.05) is 27.6 Å². The highest BCUT2D eigenvalue weighted by Gasteiger charge is 2.38. The molecular weight excluding hydrogens is 707 g/mol. The van der Waals surface area contributed by atoms with Crippen LogP contribution in [0.3, 0.4) is 0 Å². The van der Waals surface area contributed by atoms with Crippen LogP contribution in [0.1, 0.15) is 25.0 Å². The predicted octanol–water partition coefficient (Wildman–Crippen LogP) is 14.6. The number of para-hydroxylation sites is 1. The van der Waals surface area contributed by atoms with Crippen molar-refractivity contribution in [2.75, 3.05) is 18.1 Å². The Morgan fingerprint density at radius 2 is 1.09 bits per heavy atom. The van der Waals surface area contributed by atoms with Gasteiger partial charge in [-0.15, -0.1) is 0 Å². The molecule has 0 bridgehead atoms. The van der Waals surface area contributed by atoms with E-state index >= 15 is 0 Å². The quantitative estimate of drug-likeness (QED) is 0.129. The zero-order valence-electron chi connectivity index (χ0n) is 32.4. The molecule has 1 aliphatic carbocycles. The SMILES string of the molecule is CC1(C)c2ccccc2-c2cc(-c3cccc4c3OCCO4)c(N(c3ccc(-c4ccccc4)cc3)c3ccc4cccc5c6cccc7cccc(c3c45)c76)cc21. The first-order valence-corrected chi connectivity index (χ1v) is 20.3. The molecule has 2 aliphatic rings. The maximum atomic E-state index is 6.51. The van der Waals surface area contributed by atoms with Crippen LogP contribution in [-0.4, -0.2) is 13.2 Å². The van der Waals surface area contributed by atoms with E-state index in [1.54, 1.807) is 0 Å². The van der Waals surface area contributed by atoms with Crippen molar-refractivity contribution in [1.82, 2.24) is 0 Å². The molecule has 1 heterocycles. The molecule has 0 saturated carbocycles. The summed E-state index contributed by atoms with van der Waals surface area (Å²) in [4.78, 5) is 2.52. The summed E-state index contributed by atoms with van der Waals surface area (Å²) in [6, 6.07) is 64.8. The van der Waals surface area contributed by atoms with Crippen molar-refractivity contribution in [1.29, 1.82) is 0 Å². The third-order valence-electron chi connectivity index (χ3n) is 12.8. The van der Waals surface area contributed by atoms with E-state index in [-0.39, 0.29) is 5.41 Å². The minimum atomic E-state index is -0.215. The predicted molar refractivity (Wildman–Crippen MR) is 242 cm³/mol. The molecule has 0 radical (unpaired) electrons. The fourth-order valence-electron chi connectivity index (χ4n) is 10.1. The van der Waals surface area contributed by atoms with E-state index in [4.69, 9.17) is 9.47 Å². The Balaban J connectivity index is 1.23. The molecule has 3 nitrogen and oxygen atoms in total. The lowest BCUT2D eigenvalue weighted by Gasteiger charge is -2.33. The summed E-state index contributed by atoms with van der Waals surface area (Å²) in [5, 5.41) is 10.1. The molecule has 0 fully saturated rings. The van der Waals surface area contributed by atoms with Crippen molar-refractivity contribution in [2.24, 2.45) is 0 Å². The van der Waals surface area contributed by atoms with Crippen LogP contribution >= 0.6 is 0 Å². The zero-order valence-corrected chi connectivity index (χ0v) is 32.4. The van der Waals surface area contributed by atoms with Crippen molar-refractivity contribution < 1.29 is 9.47 Å². The normalized spacial score (nSPS) is 14.0. The van der Waals surface area contributed by atoms with Crippen LogP contribution in [0.4, 0.5) is 17.1 Å². The summed E-state index contributed by atoms with van der Waals surface area (Å²) in [5.41, 5.74) is 12.8. The van der Waals surface area contributed by atoms with Gasteiger partial charge in [0.1, 0.15) is 13.2 Å². The zero-order chi connectivity index (χ0) is 38.5. The molecule has 10 aromatic rings. The number of anilines is 3. The van der Waals surface area contributed by atoms with E-state index in [2.05, 4.69) is 189 Å². The Kier molecular flexibility index (Phi) is 7.10. The van der Waals surface area contributed by atoms with Crippen molar-refractivity contribution in [3.8, 4) is 44.9 Å². The highest BCUT2D eigenvalue weighted by Crippen LogP contribution is 2.56. The maximum Gasteiger partial charge on any atom is 0.169 e. The van der Waals surface area contributed by atoms with Crippen molar-refractivity contribution >= 4 is 60.2 Å². The van der Waals surface area contributed by atoms with Gasteiger partial charge in [0.2, 0.25) is 0 Å². The smallest absolute Gasteiger partial charge is 0.169 e. The molecule has 1 aliphatic heterocycles. The standard InChI is InChI=1S/C55H39NO2/c1-55(2)46-22-7-6-17-39(46)44-32-45(42-20-11-23-50-54(42)58-31-30-57-50)49(33-47(44)55)56(38-27-24-35(25-28-38)34-12-4-3-5-13-34)48-29-26-37-16-9-19-41-40-18-8-14-36-15-10-21-43(51(36)40)53(48)52(37)41/h3-29,32-33H,30-31H2,1-2H3. The number of ether oxygens (including phenoxy) is 2. The van der Waals surface area contributed by atoms with Gasteiger partial charge < -0.3 is 14.4 Å². The summed E-state index contributed by atoms with van der Waals surface area (Å²) in [7, 11) is 0. The number of hydrogen-bond donors (Lipinski definition) is 0. The van der Waals surface area contributed by atoms with E-state index < -0.39 is 0 Å². The second-order valence-corrected chi connectivity index (χ2v) is 16.2. The third-order valence-corrected chi connectivity index (χ3v) is 12.8. The highest BCUT2D eigenvalue weighted by atomic mass is 16.6. The fourth-order valence-corrected chi connectivity index (χ4v) is 10.1.